The van der Waals surface area contributed by atoms with E-state index in [1.807, 2.05) is 25.1 Å². The van der Waals surface area contributed by atoms with E-state index < -0.39 is 11.6 Å². The van der Waals surface area contributed by atoms with Crippen LogP contribution < -0.4 is 10.1 Å². The number of carbonyl (C=O) groups excluding carboxylic acids is 1. The van der Waals surface area contributed by atoms with Crippen molar-refractivity contribution in [2.75, 3.05) is 45.2 Å². The van der Waals surface area contributed by atoms with E-state index in [0.717, 1.165) is 30.0 Å². The Morgan fingerprint density at radius 1 is 1.31 bits per heavy atom. The molecule has 0 spiro atoms. The normalized spacial score (nSPS) is 17.7. The Morgan fingerprint density at radius 2 is 2.03 bits per heavy atom. The molecule has 1 amide bonds. The van der Waals surface area contributed by atoms with Crippen molar-refractivity contribution in [2.24, 2.45) is 0 Å². The number of nitrogens with one attached hydrogen (secondary N) is 1. The predicted octanol–water partition coefficient (Wildman–Crippen LogP) is 2.68. The minimum Gasteiger partial charge on any atom is -0.492 e. The summed E-state index contributed by atoms with van der Waals surface area (Å²) in [4.78, 5) is 26.8. The number of hydrogen-bond donors (Lipinski definition) is 2. The van der Waals surface area contributed by atoms with Crippen molar-refractivity contribution in [3.05, 3.63) is 23.8 Å². The third-order valence-electron chi connectivity index (χ3n) is 5.22. The van der Waals surface area contributed by atoms with Crippen LogP contribution in [0, 0.1) is 0 Å². The number of aryl methyl sites for hydroxylation is 1. The number of anilines is 1. The Labute approximate surface area is 172 Å². The van der Waals surface area contributed by atoms with Gasteiger partial charge in [0.1, 0.15) is 17.9 Å². The molecule has 2 rings (SSSR count). The third kappa shape index (κ3) is 6.00. The molecule has 29 heavy (non-hydrogen) atoms. The molecule has 1 fully saturated rings. The topological polar surface area (TPSA) is 91.3 Å². The minimum absolute atomic E-state index is 0.0176. The Morgan fingerprint density at radius 3 is 2.62 bits per heavy atom. The lowest BCUT2D eigenvalue weighted by Crippen LogP contribution is -2.54. The second-order valence-corrected chi connectivity index (χ2v) is 7.89. The maximum atomic E-state index is 11.9. The summed E-state index contributed by atoms with van der Waals surface area (Å²) < 4.78 is 10.8. The van der Waals surface area contributed by atoms with Crippen molar-refractivity contribution in [1.82, 2.24) is 9.80 Å². The van der Waals surface area contributed by atoms with Gasteiger partial charge in [-0.05, 0) is 51.0 Å². The number of carbonyl (C=O) groups is 2. The molecule has 1 saturated heterocycles. The Kier molecular flexibility index (Phi) is 7.73. The van der Waals surface area contributed by atoms with Crippen molar-refractivity contribution in [1.29, 1.82) is 0 Å². The zero-order chi connectivity index (χ0) is 21.6. The molecule has 0 saturated carbocycles. The van der Waals surface area contributed by atoms with Gasteiger partial charge < -0.3 is 24.8 Å². The molecule has 0 aromatic heterocycles. The number of carboxylic acid groups (broad SMARTS) is 1. The first kappa shape index (κ1) is 22.8. The first-order chi connectivity index (χ1) is 13.7. The maximum absolute atomic E-state index is 11.9. The molecule has 1 atom stereocenters. The van der Waals surface area contributed by atoms with Gasteiger partial charge in [-0.15, -0.1) is 0 Å². The molecule has 1 aliphatic rings. The van der Waals surface area contributed by atoms with E-state index in [2.05, 4.69) is 17.1 Å². The van der Waals surface area contributed by atoms with Crippen molar-refractivity contribution in [3.63, 3.8) is 0 Å². The molecule has 1 heterocycles. The molecular weight excluding hydrogens is 374 g/mol. The molecule has 0 aliphatic carbocycles. The van der Waals surface area contributed by atoms with Crippen LogP contribution in [0.25, 0.3) is 0 Å². The van der Waals surface area contributed by atoms with Gasteiger partial charge in [-0.25, -0.2) is 9.59 Å². The molecule has 1 unspecified atom stereocenters. The van der Waals surface area contributed by atoms with Crippen LogP contribution >= 0.6 is 0 Å². The van der Waals surface area contributed by atoms with Crippen molar-refractivity contribution >= 4 is 17.7 Å². The average molecular weight is 408 g/mol. The fraction of sp³-hybridized carbons (Fsp3) is 0.619. The van der Waals surface area contributed by atoms with Gasteiger partial charge in [-0.3, -0.25) is 4.90 Å². The van der Waals surface area contributed by atoms with Gasteiger partial charge in [-0.2, -0.15) is 0 Å². The zero-order valence-corrected chi connectivity index (χ0v) is 18.0. The highest BCUT2D eigenvalue weighted by molar-refractivity contribution is 5.83. The zero-order valence-electron chi connectivity index (χ0n) is 18.0. The number of piperazine rings is 1. The Bertz CT molecular complexity index is 722. The van der Waals surface area contributed by atoms with Crippen molar-refractivity contribution in [2.45, 2.75) is 45.7 Å². The van der Waals surface area contributed by atoms with E-state index in [1.165, 1.54) is 12.0 Å². The second-order valence-electron chi connectivity index (χ2n) is 7.89. The molecule has 1 aliphatic heterocycles. The van der Waals surface area contributed by atoms with E-state index in [-0.39, 0.29) is 12.0 Å². The first-order valence-corrected chi connectivity index (χ1v) is 10.0. The van der Waals surface area contributed by atoms with Gasteiger partial charge in [-0.1, -0.05) is 6.92 Å². The average Bonchev–Trinajstić information content (AvgIpc) is 2.67. The number of ether oxygens (including phenoxy) is 2. The summed E-state index contributed by atoms with van der Waals surface area (Å²) in [6.07, 6.45) is -0.0530. The van der Waals surface area contributed by atoms with Gasteiger partial charge in [0.15, 0.2) is 0 Å². The predicted molar refractivity (Wildman–Crippen MR) is 112 cm³/mol. The largest absolute Gasteiger partial charge is 0.492 e. The number of amides is 1. The lowest BCUT2D eigenvalue weighted by molar-refractivity contribution is -0.144. The summed E-state index contributed by atoms with van der Waals surface area (Å²) in [6, 6.07) is 5.79. The summed E-state index contributed by atoms with van der Waals surface area (Å²) in [5.41, 5.74) is 1.07. The molecule has 0 bridgehead atoms. The SMILES string of the molecule is CCc1cc(NC(C)(C)C(=O)OC)ccc1OCCN1CCN(C(=O)O)C(C)C1. The number of nitrogens with zero attached hydrogens (tertiary/aromatic N) is 2. The summed E-state index contributed by atoms with van der Waals surface area (Å²) in [5, 5.41) is 12.4. The highest BCUT2D eigenvalue weighted by Crippen LogP contribution is 2.26. The van der Waals surface area contributed by atoms with E-state index in [4.69, 9.17) is 14.6 Å². The summed E-state index contributed by atoms with van der Waals surface area (Å²) >= 11 is 0. The first-order valence-electron chi connectivity index (χ1n) is 10.0. The monoisotopic (exact) mass is 407 g/mol. The standard InChI is InChI=1S/C21H33N3O5/c1-6-16-13-17(22-21(3,4)19(25)28-5)7-8-18(16)29-12-11-23-9-10-24(20(26)27)15(2)14-23/h7-8,13,15,22H,6,9-12,14H2,1-5H3,(H,26,27). The van der Waals surface area contributed by atoms with Gasteiger partial charge in [0.25, 0.3) is 0 Å². The fourth-order valence-corrected chi connectivity index (χ4v) is 3.55. The second kappa shape index (κ2) is 9.82. The molecule has 0 radical (unpaired) electrons. The maximum Gasteiger partial charge on any atom is 0.407 e. The van der Waals surface area contributed by atoms with E-state index in [1.54, 1.807) is 13.8 Å². The molecule has 8 heteroatoms. The van der Waals surface area contributed by atoms with Crippen LogP contribution in [0.15, 0.2) is 18.2 Å². The van der Waals surface area contributed by atoms with Gasteiger partial charge >= 0.3 is 12.1 Å². The number of hydrogen-bond acceptors (Lipinski definition) is 6. The van der Waals surface area contributed by atoms with Crippen LogP contribution in [0.1, 0.15) is 33.3 Å². The molecule has 1 aromatic carbocycles. The van der Waals surface area contributed by atoms with E-state index in [9.17, 15) is 9.59 Å². The fourth-order valence-electron chi connectivity index (χ4n) is 3.55. The molecule has 162 valence electrons. The van der Waals surface area contributed by atoms with Crippen LogP contribution in [-0.2, 0) is 16.0 Å². The third-order valence-corrected chi connectivity index (χ3v) is 5.22. The van der Waals surface area contributed by atoms with E-state index in [0.29, 0.717) is 26.2 Å². The summed E-state index contributed by atoms with van der Waals surface area (Å²) in [5.74, 6) is 0.499. The van der Waals surface area contributed by atoms with Crippen LogP contribution in [0.3, 0.4) is 0 Å². The molecule has 8 nitrogen and oxygen atoms in total. The highest BCUT2D eigenvalue weighted by atomic mass is 16.5. The minimum atomic E-state index is -0.856. The molecular formula is C21H33N3O5. The van der Waals surface area contributed by atoms with Crippen LogP contribution in [-0.4, -0.2) is 78.4 Å². The van der Waals surface area contributed by atoms with Crippen molar-refractivity contribution in [3.8, 4) is 5.75 Å². The van der Waals surface area contributed by atoms with Crippen molar-refractivity contribution < 1.29 is 24.2 Å². The molecule has 1 aromatic rings. The highest BCUT2D eigenvalue weighted by Gasteiger charge is 2.29. The summed E-state index contributed by atoms with van der Waals surface area (Å²) in [6.45, 7) is 10.8. The number of benzene rings is 1. The number of esters is 1. The quantitative estimate of drug-likeness (QED) is 0.640. The smallest absolute Gasteiger partial charge is 0.407 e. The number of methoxy groups -OCH3 is 1. The van der Waals surface area contributed by atoms with Gasteiger partial charge in [0, 0.05) is 37.9 Å². The lowest BCUT2D eigenvalue weighted by atomic mass is 10.0. The van der Waals surface area contributed by atoms with Crippen LogP contribution in [0.4, 0.5) is 10.5 Å². The van der Waals surface area contributed by atoms with Crippen LogP contribution in [0.5, 0.6) is 5.75 Å². The number of rotatable bonds is 8. The van der Waals surface area contributed by atoms with Gasteiger partial charge in [0.2, 0.25) is 0 Å². The Balaban J connectivity index is 1.91. The van der Waals surface area contributed by atoms with E-state index >= 15 is 0 Å². The van der Waals surface area contributed by atoms with Gasteiger partial charge in [0.05, 0.1) is 7.11 Å². The molecule has 2 N–H and O–H groups in total. The summed E-state index contributed by atoms with van der Waals surface area (Å²) in [7, 11) is 1.38. The lowest BCUT2D eigenvalue weighted by Gasteiger charge is -2.38. The van der Waals surface area contributed by atoms with Crippen LogP contribution in [0.2, 0.25) is 0 Å². The Hall–Kier alpha value is -2.48.